The highest BCUT2D eigenvalue weighted by Crippen LogP contribution is 2.55. The number of nitrogens with zero attached hydrogens (tertiary/aromatic N) is 4. The highest BCUT2D eigenvalue weighted by atomic mass is 15.2. The largest absolute Gasteiger partial charge is 0.309 e. The molecule has 0 saturated heterocycles. The van der Waals surface area contributed by atoms with Crippen LogP contribution < -0.4 is 9.80 Å². The molecule has 0 fully saturated rings. The Morgan fingerprint density at radius 1 is 0.353 bits per heavy atom. The highest BCUT2D eigenvalue weighted by molar-refractivity contribution is 6.30. The van der Waals surface area contributed by atoms with Crippen LogP contribution in [0.3, 0.4) is 0 Å². The summed E-state index contributed by atoms with van der Waals surface area (Å²) < 4.78 is 5.04. The first-order valence-electron chi connectivity index (χ1n) is 31.6. The molecular formula is C81H72N4. The van der Waals surface area contributed by atoms with Gasteiger partial charge in [-0.25, -0.2) is 0 Å². The quantitative estimate of drug-likeness (QED) is 0.113. The van der Waals surface area contributed by atoms with Crippen LogP contribution in [0.2, 0.25) is 0 Å². The number of benzene rings is 12. The van der Waals surface area contributed by atoms with Crippen LogP contribution >= 0.6 is 0 Å². The topological polar surface area (TPSA) is 16.3 Å². The molecule has 2 heterocycles. The van der Waals surface area contributed by atoms with Crippen molar-refractivity contribution in [1.29, 1.82) is 0 Å². The van der Waals surface area contributed by atoms with Crippen LogP contribution in [0.1, 0.15) is 102 Å². The molecule has 0 saturated carbocycles. The van der Waals surface area contributed by atoms with Gasteiger partial charge in [0.25, 0.3) is 0 Å². The maximum Gasteiger partial charge on any atom is 0.0785 e. The fraction of sp³-hybridized carbons (Fsp3) is 0.210. The minimum absolute atomic E-state index is 0.974. The first-order chi connectivity index (χ1) is 41.9. The molecule has 2 aliphatic carbocycles. The lowest BCUT2D eigenvalue weighted by Gasteiger charge is -2.35. The van der Waals surface area contributed by atoms with Gasteiger partial charge in [-0.15, -0.1) is 0 Å². The summed E-state index contributed by atoms with van der Waals surface area (Å²) in [6, 6.07) is 77.2. The van der Waals surface area contributed by atoms with E-state index < -0.39 is 0 Å². The average molecular weight is 1100 g/mol. The van der Waals surface area contributed by atoms with Crippen LogP contribution in [-0.2, 0) is 38.5 Å². The second kappa shape index (κ2) is 20.6. The first-order valence-corrected chi connectivity index (χ1v) is 31.6. The van der Waals surface area contributed by atoms with Crippen molar-refractivity contribution in [3.8, 4) is 11.4 Å². The van der Waals surface area contributed by atoms with Gasteiger partial charge in [-0.3, -0.25) is 0 Å². The van der Waals surface area contributed by atoms with E-state index in [0.717, 1.165) is 51.4 Å². The van der Waals surface area contributed by atoms with Gasteiger partial charge in [0.05, 0.1) is 44.8 Å². The molecule has 0 aliphatic heterocycles. The number of hydrogen-bond acceptors (Lipinski definition) is 2. The Balaban J connectivity index is 1.04. The molecule has 2 aliphatic rings. The fourth-order valence-corrected chi connectivity index (χ4v) is 16.0. The van der Waals surface area contributed by atoms with E-state index in [1.807, 2.05) is 0 Å². The number of para-hydroxylation sites is 4. The lowest BCUT2D eigenvalue weighted by atomic mass is 9.85. The summed E-state index contributed by atoms with van der Waals surface area (Å²) in [5, 5.41) is 13.2. The second-order valence-electron chi connectivity index (χ2n) is 24.7. The Bertz CT molecular complexity index is 4960. The van der Waals surface area contributed by atoms with Crippen molar-refractivity contribution in [2.45, 2.75) is 112 Å². The summed E-state index contributed by atoms with van der Waals surface area (Å²) in [5.41, 5.74) is 27.6. The first kappa shape index (κ1) is 51.5. The predicted molar refractivity (Wildman–Crippen MR) is 364 cm³/mol. The third-order valence-electron chi connectivity index (χ3n) is 19.6. The highest BCUT2D eigenvalue weighted by Gasteiger charge is 2.32. The third kappa shape index (κ3) is 7.94. The Kier molecular flexibility index (Phi) is 12.5. The van der Waals surface area contributed by atoms with Gasteiger partial charge in [-0.2, -0.15) is 0 Å². The molecule has 0 amide bonds. The van der Waals surface area contributed by atoms with E-state index in [-0.39, 0.29) is 0 Å². The van der Waals surface area contributed by atoms with Crippen molar-refractivity contribution in [2.24, 2.45) is 0 Å². The van der Waals surface area contributed by atoms with Crippen LogP contribution in [0, 0.1) is 20.8 Å². The van der Waals surface area contributed by atoms with Crippen LogP contribution in [0.4, 0.5) is 34.1 Å². The summed E-state index contributed by atoms with van der Waals surface area (Å²) in [5.74, 6) is 0. The molecular weight excluding hydrogens is 1030 g/mol. The molecule has 0 bridgehead atoms. The lowest BCUT2D eigenvalue weighted by Crippen LogP contribution is -2.18. The van der Waals surface area contributed by atoms with Gasteiger partial charge in [0, 0.05) is 55.1 Å². The van der Waals surface area contributed by atoms with Gasteiger partial charge in [0.1, 0.15) is 0 Å². The number of anilines is 6. The Morgan fingerprint density at radius 2 is 0.835 bits per heavy atom. The Labute approximate surface area is 499 Å². The van der Waals surface area contributed by atoms with E-state index in [9.17, 15) is 0 Å². The standard InChI is InChI=1S/C81H72N4/c1-6-24-56-49-73(84(69-40-22-28-54-26-14-16-34-60(54)69)79-52(4)48-75-76(53(79)5)66-37-19-21-39-72(66)82(75)58-30-10-8-11-31-58)67-46-44-63-57(25-7-2)50-74(68-47-45-62(56)77(67)78(63)68)85(70-41-23-29-55-27-15-17-35-61(55)70)80-51(3)42-43-65-64-36-18-20-38-71(64)83(81(65)80)59-32-12-9-13-33-59/h8-13,18-23,28-33,36-50H,6-7,14-17,24-27,34-35H2,1-5H3. The lowest BCUT2D eigenvalue weighted by molar-refractivity contribution is 0.686. The maximum absolute atomic E-state index is 2.76. The van der Waals surface area contributed by atoms with Gasteiger partial charge in [0.15, 0.2) is 0 Å². The zero-order valence-electron chi connectivity index (χ0n) is 49.8. The fourth-order valence-electron chi connectivity index (χ4n) is 16.0. The molecule has 0 unspecified atom stereocenters. The van der Waals surface area contributed by atoms with Crippen molar-refractivity contribution in [2.75, 3.05) is 9.80 Å². The molecule has 12 aromatic carbocycles. The van der Waals surface area contributed by atoms with E-state index >= 15 is 0 Å². The second-order valence-corrected chi connectivity index (χ2v) is 24.7. The smallest absolute Gasteiger partial charge is 0.0785 e. The van der Waals surface area contributed by atoms with Crippen LogP contribution in [0.25, 0.3) is 87.3 Å². The van der Waals surface area contributed by atoms with E-state index in [1.165, 1.54) is 197 Å². The molecule has 4 nitrogen and oxygen atoms in total. The summed E-state index contributed by atoms with van der Waals surface area (Å²) in [6.07, 6.45) is 13.2. The molecule has 0 atom stereocenters. The molecule has 2 aromatic heterocycles. The molecule has 85 heavy (non-hydrogen) atoms. The van der Waals surface area contributed by atoms with Crippen molar-refractivity contribution in [3.05, 3.63) is 250 Å². The molecule has 16 rings (SSSR count). The SMILES string of the molecule is CCCc1cc(N(c2cccc3c2CCCC3)c2c(C)cc3c(c2C)c2ccccc2n3-c2ccccc2)c2ccc3c(CCC)cc(N(c4cccc5c4CCCC5)c4c(C)ccc5c6ccccc6n(-c6ccccc6)c45)c4ccc1c2c34. The van der Waals surface area contributed by atoms with Crippen LogP contribution in [-0.4, -0.2) is 9.13 Å². The number of rotatable bonds is 12. The van der Waals surface area contributed by atoms with Gasteiger partial charge < -0.3 is 18.9 Å². The number of aromatic nitrogens is 2. The van der Waals surface area contributed by atoms with Crippen molar-refractivity contribution >= 4 is 110 Å². The monoisotopic (exact) mass is 1100 g/mol. The zero-order valence-corrected chi connectivity index (χ0v) is 49.8. The average Bonchev–Trinajstić information content (AvgIpc) is 1.82. The molecule has 0 radical (unpaired) electrons. The summed E-state index contributed by atoms with van der Waals surface area (Å²) in [4.78, 5) is 5.52. The van der Waals surface area contributed by atoms with Gasteiger partial charge in [-0.05, 0) is 223 Å². The van der Waals surface area contributed by atoms with Crippen molar-refractivity contribution in [1.82, 2.24) is 9.13 Å². The summed E-state index contributed by atoms with van der Waals surface area (Å²) in [6.45, 7) is 11.9. The summed E-state index contributed by atoms with van der Waals surface area (Å²) >= 11 is 0. The van der Waals surface area contributed by atoms with E-state index in [0.29, 0.717) is 0 Å². The van der Waals surface area contributed by atoms with Crippen LogP contribution in [0.15, 0.2) is 200 Å². The molecule has 0 N–H and O–H groups in total. The minimum Gasteiger partial charge on any atom is -0.309 e. The number of hydrogen-bond donors (Lipinski definition) is 0. The van der Waals surface area contributed by atoms with Crippen molar-refractivity contribution in [3.63, 3.8) is 0 Å². The number of fused-ring (bicyclic) bond motifs is 8. The van der Waals surface area contributed by atoms with E-state index in [1.54, 1.807) is 0 Å². The normalized spacial score (nSPS) is 13.5. The Morgan fingerprint density at radius 3 is 1.41 bits per heavy atom. The van der Waals surface area contributed by atoms with E-state index in [4.69, 9.17) is 0 Å². The van der Waals surface area contributed by atoms with Gasteiger partial charge in [-0.1, -0.05) is 160 Å². The molecule has 14 aromatic rings. The predicted octanol–water partition coefficient (Wildman–Crippen LogP) is 22.3. The molecule has 0 spiro atoms. The molecule has 416 valence electrons. The van der Waals surface area contributed by atoms with Gasteiger partial charge >= 0.3 is 0 Å². The van der Waals surface area contributed by atoms with Crippen LogP contribution in [0.5, 0.6) is 0 Å². The third-order valence-corrected chi connectivity index (χ3v) is 19.6. The van der Waals surface area contributed by atoms with Gasteiger partial charge in [0.2, 0.25) is 0 Å². The van der Waals surface area contributed by atoms with Crippen molar-refractivity contribution < 1.29 is 0 Å². The van der Waals surface area contributed by atoms with E-state index in [2.05, 4.69) is 254 Å². The minimum atomic E-state index is 0.974. The maximum atomic E-state index is 2.76. The summed E-state index contributed by atoms with van der Waals surface area (Å²) in [7, 11) is 0. The Hall–Kier alpha value is -9.12. The number of aryl methyl sites for hydroxylation is 7. The molecule has 4 heteroatoms. The zero-order chi connectivity index (χ0) is 57.0.